The van der Waals surface area contributed by atoms with Crippen molar-refractivity contribution >= 4 is 5.78 Å². The first-order chi connectivity index (χ1) is 8.99. The highest BCUT2D eigenvalue weighted by Crippen LogP contribution is 2.19. The highest BCUT2D eigenvalue weighted by molar-refractivity contribution is 6.04. The maximum atomic E-state index is 11.8. The van der Waals surface area contributed by atoms with Gasteiger partial charge < -0.3 is 15.3 Å². The topological polar surface area (TPSA) is 77.8 Å². The summed E-state index contributed by atoms with van der Waals surface area (Å²) in [5, 5.41) is 28.0. The summed E-state index contributed by atoms with van der Waals surface area (Å²) in [4.78, 5) is 11.8. The van der Waals surface area contributed by atoms with Crippen molar-refractivity contribution in [1.29, 1.82) is 0 Å². The number of allylic oxidation sites excluding steroid dienone is 4. The monoisotopic (exact) mass is 258 g/mol. The second kappa shape index (κ2) is 5.32. The second-order valence-corrected chi connectivity index (χ2v) is 4.29. The van der Waals surface area contributed by atoms with Crippen molar-refractivity contribution in [2.45, 2.75) is 11.9 Å². The first kappa shape index (κ1) is 13.4. The molecule has 98 valence electrons. The lowest BCUT2D eigenvalue weighted by molar-refractivity contribution is -0.174. The molecule has 1 aliphatic rings. The Hall–Kier alpha value is -2.01. The fourth-order valence-electron chi connectivity index (χ4n) is 1.66. The molecule has 0 bridgehead atoms. The van der Waals surface area contributed by atoms with Crippen LogP contribution in [0.15, 0.2) is 66.3 Å². The fraction of sp³-hybridized carbons (Fsp3) is 0.133. The standard InChI is InChI=1S/C15H14O4/c16-13(12-4-2-1-3-5-12)7-6-11-8-9-15(18,19)14(17)10-11/h1-10,14,17-19H. The van der Waals surface area contributed by atoms with Gasteiger partial charge in [-0.2, -0.15) is 0 Å². The van der Waals surface area contributed by atoms with Crippen molar-refractivity contribution in [2.24, 2.45) is 0 Å². The van der Waals surface area contributed by atoms with Gasteiger partial charge in [0.15, 0.2) is 5.78 Å². The number of ketones is 1. The molecule has 1 unspecified atom stereocenters. The molecule has 0 saturated heterocycles. The minimum absolute atomic E-state index is 0.158. The molecule has 0 aliphatic heterocycles. The number of hydrogen-bond donors (Lipinski definition) is 3. The average Bonchev–Trinajstić information content (AvgIpc) is 2.41. The van der Waals surface area contributed by atoms with Crippen LogP contribution in [0.1, 0.15) is 10.4 Å². The smallest absolute Gasteiger partial charge is 0.213 e. The van der Waals surface area contributed by atoms with Crippen LogP contribution in [0.25, 0.3) is 0 Å². The number of aliphatic hydroxyl groups excluding tert-OH is 1. The average molecular weight is 258 g/mol. The van der Waals surface area contributed by atoms with Crippen LogP contribution in [0.2, 0.25) is 0 Å². The van der Waals surface area contributed by atoms with Crippen molar-refractivity contribution in [3.05, 3.63) is 71.8 Å². The van der Waals surface area contributed by atoms with E-state index < -0.39 is 11.9 Å². The summed E-state index contributed by atoms with van der Waals surface area (Å²) in [6.07, 6.45) is 5.26. The van der Waals surface area contributed by atoms with Crippen LogP contribution in [0.5, 0.6) is 0 Å². The number of benzene rings is 1. The van der Waals surface area contributed by atoms with Crippen molar-refractivity contribution in [2.75, 3.05) is 0 Å². The van der Waals surface area contributed by atoms with Gasteiger partial charge in [-0.25, -0.2) is 0 Å². The van der Waals surface area contributed by atoms with Gasteiger partial charge in [-0.05, 0) is 23.8 Å². The Morgan fingerprint density at radius 2 is 1.89 bits per heavy atom. The van der Waals surface area contributed by atoms with E-state index in [0.717, 1.165) is 6.08 Å². The van der Waals surface area contributed by atoms with Crippen LogP contribution in [-0.2, 0) is 0 Å². The zero-order valence-corrected chi connectivity index (χ0v) is 10.1. The van der Waals surface area contributed by atoms with E-state index in [1.54, 1.807) is 24.3 Å². The normalized spacial score (nSPS) is 21.4. The van der Waals surface area contributed by atoms with E-state index in [0.29, 0.717) is 11.1 Å². The maximum Gasteiger partial charge on any atom is 0.213 e. The molecule has 0 radical (unpaired) electrons. The van der Waals surface area contributed by atoms with Gasteiger partial charge in [-0.15, -0.1) is 0 Å². The Bertz CT molecular complexity index is 553. The van der Waals surface area contributed by atoms with E-state index in [2.05, 4.69) is 0 Å². The largest absolute Gasteiger partial charge is 0.383 e. The Morgan fingerprint density at radius 3 is 2.53 bits per heavy atom. The fourth-order valence-corrected chi connectivity index (χ4v) is 1.66. The van der Waals surface area contributed by atoms with Gasteiger partial charge in [0.1, 0.15) is 6.10 Å². The summed E-state index contributed by atoms with van der Waals surface area (Å²) in [7, 11) is 0. The molecule has 4 heteroatoms. The lowest BCUT2D eigenvalue weighted by atomic mass is 9.98. The van der Waals surface area contributed by atoms with Crippen LogP contribution in [0.4, 0.5) is 0 Å². The number of aliphatic hydroxyl groups is 3. The summed E-state index contributed by atoms with van der Waals surface area (Å²) in [6, 6.07) is 8.79. The molecule has 0 fully saturated rings. The molecule has 0 heterocycles. The Kier molecular flexibility index (Phi) is 3.76. The van der Waals surface area contributed by atoms with E-state index in [4.69, 9.17) is 0 Å². The summed E-state index contributed by atoms with van der Waals surface area (Å²) >= 11 is 0. The molecule has 0 saturated carbocycles. The third-order valence-electron chi connectivity index (χ3n) is 2.79. The molecule has 4 nitrogen and oxygen atoms in total. The molecular formula is C15H14O4. The third kappa shape index (κ3) is 3.26. The minimum atomic E-state index is -2.25. The highest BCUT2D eigenvalue weighted by atomic mass is 16.5. The van der Waals surface area contributed by atoms with E-state index in [9.17, 15) is 20.1 Å². The van der Waals surface area contributed by atoms with Crippen LogP contribution in [0.3, 0.4) is 0 Å². The highest BCUT2D eigenvalue weighted by Gasteiger charge is 2.30. The second-order valence-electron chi connectivity index (χ2n) is 4.29. The Labute approximate surface area is 110 Å². The van der Waals surface area contributed by atoms with Crippen LogP contribution < -0.4 is 0 Å². The van der Waals surface area contributed by atoms with E-state index in [-0.39, 0.29) is 5.78 Å². The molecule has 1 atom stereocenters. The molecule has 1 aromatic carbocycles. The molecule has 0 aromatic heterocycles. The van der Waals surface area contributed by atoms with Gasteiger partial charge in [0.05, 0.1) is 0 Å². The summed E-state index contributed by atoms with van der Waals surface area (Å²) < 4.78 is 0. The number of carbonyl (C=O) groups is 1. The van der Waals surface area contributed by atoms with E-state index in [1.165, 1.54) is 24.3 Å². The predicted molar refractivity (Wildman–Crippen MR) is 70.3 cm³/mol. The lowest BCUT2D eigenvalue weighted by Gasteiger charge is -2.24. The van der Waals surface area contributed by atoms with Crippen molar-refractivity contribution in [3.8, 4) is 0 Å². The maximum absolute atomic E-state index is 11.8. The van der Waals surface area contributed by atoms with Crippen molar-refractivity contribution in [1.82, 2.24) is 0 Å². The quantitative estimate of drug-likeness (QED) is 0.429. The number of rotatable bonds is 3. The zero-order chi connectivity index (χ0) is 13.9. The van der Waals surface area contributed by atoms with Crippen LogP contribution in [0, 0.1) is 0 Å². The summed E-state index contributed by atoms with van der Waals surface area (Å²) in [5.41, 5.74) is 1.11. The molecule has 2 rings (SSSR count). The van der Waals surface area contributed by atoms with E-state index >= 15 is 0 Å². The molecule has 19 heavy (non-hydrogen) atoms. The Morgan fingerprint density at radius 1 is 1.21 bits per heavy atom. The third-order valence-corrected chi connectivity index (χ3v) is 2.79. The molecule has 1 aromatic rings. The molecule has 1 aliphatic carbocycles. The Balaban J connectivity index is 2.09. The van der Waals surface area contributed by atoms with Gasteiger partial charge in [-0.3, -0.25) is 4.79 Å². The van der Waals surface area contributed by atoms with Crippen LogP contribution in [-0.4, -0.2) is 33.0 Å². The summed E-state index contributed by atoms with van der Waals surface area (Å²) in [6.45, 7) is 0. The molecular weight excluding hydrogens is 244 g/mol. The molecule has 0 amide bonds. The molecule has 3 N–H and O–H groups in total. The van der Waals surface area contributed by atoms with Gasteiger partial charge in [0, 0.05) is 5.56 Å². The van der Waals surface area contributed by atoms with Gasteiger partial charge in [-0.1, -0.05) is 42.5 Å². The van der Waals surface area contributed by atoms with E-state index in [1.807, 2.05) is 6.07 Å². The van der Waals surface area contributed by atoms with Gasteiger partial charge >= 0.3 is 0 Å². The number of carbonyl (C=O) groups excluding carboxylic acids is 1. The minimum Gasteiger partial charge on any atom is -0.383 e. The first-order valence-corrected chi connectivity index (χ1v) is 5.80. The van der Waals surface area contributed by atoms with Gasteiger partial charge in [0.2, 0.25) is 5.79 Å². The van der Waals surface area contributed by atoms with Crippen molar-refractivity contribution < 1.29 is 20.1 Å². The number of hydrogen-bond acceptors (Lipinski definition) is 4. The first-order valence-electron chi connectivity index (χ1n) is 5.80. The predicted octanol–water partition coefficient (Wildman–Crippen LogP) is 0.963. The van der Waals surface area contributed by atoms with Crippen molar-refractivity contribution in [3.63, 3.8) is 0 Å². The molecule has 0 spiro atoms. The summed E-state index contributed by atoms with van der Waals surface area (Å²) in [5.74, 6) is -2.41. The zero-order valence-electron chi connectivity index (χ0n) is 10.1. The SMILES string of the molecule is O=C(C=CC1=CC(O)C(O)(O)C=C1)c1ccccc1. The van der Waals surface area contributed by atoms with Gasteiger partial charge in [0.25, 0.3) is 0 Å². The lowest BCUT2D eigenvalue weighted by Crippen LogP contribution is -2.40. The van der Waals surface area contributed by atoms with Crippen LogP contribution >= 0.6 is 0 Å².